The average molecular weight is 293 g/mol. The Bertz CT molecular complexity index is 556. The van der Waals surface area contributed by atoms with Crippen LogP contribution in [0.3, 0.4) is 0 Å². The van der Waals surface area contributed by atoms with Gasteiger partial charge in [0, 0.05) is 6.07 Å². The van der Waals surface area contributed by atoms with Crippen LogP contribution in [-0.2, 0) is 6.18 Å². The normalized spacial score (nSPS) is 13.3. The molecule has 0 fully saturated rings. The molecule has 0 spiro atoms. The van der Waals surface area contributed by atoms with E-state index in [9.17, 15) is 13.2 Å². The highest BCUT2D eigenvalue weighted by Gasteiger charge is 2.35. The zero-order chi connectivity index (χ0) is 14.0. The first-order valence-corrected chi connectivity index (χ1v) is 5.47. The molecular formula is C9H8ClF3N6. The molecular weight excluding hydrogens is 285 g/mol. The molecule has 0 aliphatic heterocycles. The molecule has 0 radical (unpaired) electrons. The molecule has 0 saturated carbocycles. The molecule has 0 aliphatic rings. The molecule has 102 valence electrons. The first-order valence-electron chi connectivity index (χ1n) is 5.10. The van der Waals surface area contributed by atoms with Gasteiger partial charge in [0.2, 0.25) is 5.82 Å². The van der Waals surface area contributed by atoms with Crippen molar-refractivity contribution < 1.29 is 13.2 Å². The van der Waals surface area contributed by atoms with E-state index in [0.29, 0.717) is 5.82 Å². The summed E-state index contributed by atoms with van der Waals surface area (Å²) in [6.07, 6.45) is -3.36. The Hall–Kier alpha value is -1.90. The number of rotatable bonds is 3. The smallest absolute Gasteiger partial charge is 0.360 e. The van der Waals surface area contributed by atoms with Crippen molar-refractivity contribution in [1.82, 2.24) is 25.1 Å². The number of aromatic amines is 1. The third kappa shape index (κ3) is 3.31. The van der Waals surface area contributed by atoms with E-state index in [0.717, 1.165) is 0 Å². The van der Waals surface area contributed by atoms with Crippen molar-refractivity contribution in [3.05, 3.63) is 29.2 Å². The fourth-order valence-electron chi connectivity index (χ4n) is 1.33. The van der Waals surface area contributed by atoms with Gasteiger partial charge in [-0.2, -0.15) is 18.3 Å². The van der Waals surface area contributed by atoms with Gasteiger partial charge in [0.15, 0.2) is 0 Å². The van der Waals surface area contributed by atoms with E-state index >= 15 is 0 Å². The lowest BCUT2D eigenvalue weighted by Crippen LogP contribution is -2.15. The number of alkyl halides is 3. The van der Waals surface area contributed by atoms with E-state index in [4.69, 9.17) is 11.6 Å². The quantitative estimate of drug-likeness (QED) is 0.849. The predicted octanol–water partition coefficient (Wildman–Crippen LogP) is 2.44. The minimum Gasteiger partial charge on any atom is -0.360 e. The van der Waals surface area contributed by atoms with Gasteiger partial charge in [-0.25, -0.2) is 15.0 Å². The molecule has 2 heterocycles. The Morgan fingerprint density at radius 1 is 1.37 bits per heavy atom. The number of H-pyrrole nitrogens is 1. The molecule has 0 bridgehead atoms. The van der Waals surface area contributed by atoms with Gasteiger partial charge in [0.05, 0.1) is 6.04 Å². The maximum absolute atomic E-state index is 12.5. The van der Waals surface area contributed by atoms with Crippen LogP contribution in [0.2, 0.25) is 5.15 Å². The number of aromatic nitrogens is 5. The standard InChI is InChI=1S/C9H8ClF3N6/c1-4(7-14-3-15-19-7)16-6-2-5(10)17-8(18-6)9(11,12)13/h2-4H,1H3,(H,14,15,19)(H,16,17,18). The first-order chi connectivity index (χ1) is 8.86. The van der Waals surface area contributed by atoms with Gasteiger partial charge in [-0.1, -0.05) is 11.6 Å². The Labute approximate surface area is 110 Å². The lowest BCUT2D eigenvalue weighted by atomic mass is 10.3. The summed E-state index contributed by atoms with van der Waals surface area (Å²) in [7, 11) is 0. The van der Waals surface area contributed by atoms with Crippen LogP contribution in [0.1, 0.15) is 24.6 Å². The summed E-state index contributed by atoms with van der Waals surface area (Å²) in [6, 6.07) is 0.790. The van der Waals surface area contributed by atoms with Gasteiger partial charge in [0.25, 0.3) is 0 Å². The summed E-state index contributed by atoms with van der Waals surface area (Å²) in [5, 5.41) is 8.67. The van der Waals surface area contributed by atoms with E-state index in [1.54, 1.807) is 6.92 Å². The van der Waals surface area contributed by atoms with Gasteiger partial charge in [0.1, 0.15) is 23.1 Å². The van der Waals surface area contributed by atoms with Crippen LogP contribution in [-0.4, -0.2) is 25.1 Å². The van der Waals surface area contributed by atoms with Crippen LogP contribution in [0, 0.1) is 0 Å². The zero-order valence-electron chi connectivity index (χ0n) is 9.53. The Balaban J connectivity index is 2.23. The van der Waals surface area contributed by atoms with Gasteiger partial charge in [-0.15, -0.1) is 0 Å². The van der Waals surface area contributed by atoms with Crippen molar-refractivity contribution in [2.75, 3.05) is 5.32 Å². The van der Waals surface area contributed by atoms with Crippen molar-refractivity contribution in [1.29, 1.82) is 0 Å². The maximum Gasteiger partial charge on any atom is 0.451 e. The first kappa shape index (κ1) is 13.5. The molecule has 10 heteroatoms. The largest absolute Gasteiger partial charge is 0.451 e. The second-order valence-electron chi connectivity index (χ2n) is 3.63. The van der Waals surface area contributed by atoms with E-state index < -0.39 is 18.0 Å². The van der Waals surface area contributed by atoms with Crippen molar-refractivity contribution in [3.8, 4) is 0 Å². The van der Waals surface area contributed by atoms with E-state index in [1.165, 1.54) is 12.4 Å². The van der Waals surface area contributed by atoms with Crippen LogP contribution in [0.5, 0.6) is 0 Å². The van der Waals surface area contributed by atoms with Crippen LogP contribution >= 0.6 is 11.6 Å². The SMILES string of the molecule is CC(Nc1cc(Cl)nc(C(F)(F)F)n1)c1ncn[nH]1. The molecule has 0 amide bonds. The summed E-state index contributed by atoms with van der Waals surface area (Å²) in [6.45, 7) is 1.68. The fraction of sp³-hybridized carbons (Fsp3) is 0.333. The van der Waals surface area contributed by atoms with Crippen molar-refractivity contribution in [2.24, 2.45) is 0 Å². The van der Waals surface area contributed by atoms with E-state index in [-0.39, 0.29) is 11.0 Å². The second kappa shape index (κ2) is 5.00. The minimum atomic E-state index is -4.66. The summed E-state index contributed by atoms with van der Waals surface area (Å²) in [5.74, 6) is -0.883. The van der Waals surface area contributed by atoms with Crippen LogP contribution in [0.4, 0.5) is 19.0 Å². The van der Waals surface area contributed by atoms with Gasteiger partial charge >= 0.3 is 6.18 Å². The summed E-state index contributed by atoms with van der Waals surface area (Å²) in [4.78, 5) is 10.4. The molecule has 0 aliphatic carbocycles. The molecule has 2 N–H and O–H groups in total. The Kier molecular flexibility index (Phi) is 3.56. The highest BCUT2D eigenvalue weighted by molar-refractivity contribution is 6.29. The second-order valence-corrected chi connectivity index (χ2v) is 4.02. The monoisotopic (exact) mass is 292 g/mol. The number of anilines is 1. The number of nitrogens with zero attached hydrogens (tertiary/aromatic N) is 4. The molecule has 0 saturated heterocycles. The summed E-state index contributed by atoms with van der Waals surface area (Å²) >= 11 is 5.54. The van der Waals surface area contributed by atoms with E-state index in [1.807, 2.05) is 0 Å². The predicted molar refractivity (Wildman–Crippen MR) is 60.5 cm³/mol. The number of nitrogens with one attached hydrogen (secondary N) is 2. The zero-order valence-corrected chi connectivity index (χ0v) is 10.3. The maximum atomic E-state index is 12.5. The van der Waals surface area contributed by atoms with Crippen LogP contribution < -0.4 is 5.32 Å². The van der Waals surface area contributed by atoms with Gasteiger partial charge in [-0.05, 0) is 6.92 Å². The molecule has 19 heavy (non-hydrogen) atoms. The molecule has 2 aromatic heterocycles. The Morgan fingerprint density at radius 3 is 2.68 bits per heavy atom. The Morgan fingerprint density at radius 2 is 2.11 bits per heavy atom. The molecule has 2 aromatic rings. The molecule has 1 unspecified atom stereocenters. The van der Waals surface area contributed by atoms with Crippen molar-refractivity contribution in [2.45, 2.75) is 19.1 Å². The van der Waals surface area contributed by atoms with Crippen molar-refractivity contribution in [3.63, 3.8) is 0 Å². The average Bonchev–Trinajstić information content (AvgIpc) is 2.80. The van der Waals surface area contributed by atoms with Crippen molar-refractivity contribution >= 4 is 17.4 Å². The van der Waals surface area contributed by atoms with Gasteiger partial charge < -0.3 is 5.32 Å². The molecule has 1 atom stereocenters. The number of halogens is 4. The minimum absolute atomic E-state index is 0.0452. The van der Waals surface area contributed by atoms with Crippen LogP contribution in [0.25, 0.3) is 0 Å². The third-order valence-electron chi connectivity index (χ3n) is 2.16. The third-order valence-corrected chi connectivity index (χ3v) is 2.35. The summed E-state index contributed by atoms with van der Waals surface area (Å²) in [5.41, 5.74) is 0. The highest BCUT2D eigenvalue weighted by Crippen LogP contribution is 2.28. The lowest BCUT2D eigenvalue weighted by Gasteiger charge is -2.13. The molecule has 6 nitrogen and oxygen atoms in total. The molecule has 2 rings (SSSR count). The molecule has 0 aromatic carbocycles. The van der Waals surface area contributed by atoms with E-state index in [2.05, 4.69) is 30.5 Å². The number of hydrogen-bond acceptors (Lipinski definition) is 5. The summed E-state index contributed by atoms with van der Waals surface area (Å²) < 4.78 is 37.6. The lowest BCUT2D eigenvalue weighted by molar-refractivity contribution is -0.144. The van der Waals surface area contributed by atoms with Crippen LogP contribution in [0.15, 0.2) is 12.4 Å². The fourth-order valence-corrected chi connectivity index (χ4v) is 1.52. The number of hydrogen-bond donors (Lipinski definition) is 2. The van der Waals surface area contributed by atoms with Gasteiger partial charge in [-0.3, -0.25) is 5.10 Å². The highest BCUT2D eigenvalue weighted by atomic mass is 35.5. The topological polar surface area (TPSA) is 79.4 Å².